The fourth-order valence-corrected chi connectivity index (χ4v) is 1.25. The molecule has 1 atom stereocenters. The average Bonchev–Trinajstić information content (AvgIpc) is 2.46. The summed E-state index contributed by atoms with van der Waals surface area (Å²) in [6.45, 7) is 8.00. The molecule has 1 aromatic carbocycles. The van der Waals surface area contributed by atoms with Gasteiger partial charge in [0.15, 0.2) is 0 Å². The van der Waals surface area contributed by atoms with Gasteiger partial charge in [0.25, 0.3) is 0 Å². The summed E-state index contributed by atoms with van der Waals surface area (Å²) >= 11 is 0. The van der Waals surface area contributed by atoms with Gasteiger partial charge in [-0.3, -0.25) is 0 Å². The molecular weight excluding hydrogens is 224 g/mol. The van der Waals surface area contributed by atoms with Crippen LogP contribution in [0.4, 0.5) is 0 Å². The maximum atomic E-state index is 9.06. The summed E-state index contributed by atoms with van der Waals surface area (Å²) < 4.78 is 0. The highest BCUT2D eigenvalue weighted by molar-refractivity contribution is 5.26. The predicted octanol–water partition coefficient (Wildman–Crippen LogP) is 3.49. The van der Waals surface area contributed by atoms with Crippen LogP contribution >= 0.6 is 0 Å². The molecule has 0 fully saturated rings. The SMILES string of the molecule is CC.CC.CNC(C#N)CCc1ccc(O)cc1. The number of aromatic hydroxyl groups is 1. The van der Waals surface area contributed by atoms with Crippen LogP contribution in [0.15, 0.2) is 24.3 Å². The van der Waals surface area contributed by atoms with Gasteiger partial charge in [-0.1, -0.05) is 39.8 Å². The number of nitrogens with zero attached hydrogens (tertiary/aromatic N) is 1. The maximum absolute atomic E-state index is 9.06. The second-order valence-corrected chi connectivity index (χ2v) is 3.18. The molecule has 3 heteroatoms. The lowest BCUT2D eigenvalue weighted by molar-refractivity contribution is 0.475. The Morgan fingerprint density at radius 1 is 1.17 bits per heavy atom. The average molecular weight is 250 g/mol. The molecule has 18 heavy (non-hydrogen) atoms. The molecule has 1 aromatic rings. The molecule has 0 spiro atoms. The molecule has 1 unspecified atom stereocenters. The standard InChI is InChI=1S/C11H14N2O.2C2H6/c1-13-10(8-12)5-2-9-3-6-11(14)7-4-9;2*1-2/h3-4,6-7,10,13-14H,2,5H2,1H3;2*1-2H3. The summed E-state index contributed by atoms with van der Waals surface area (Å²) in [5.41, 5.74) is 1.14. The van der Waals surface area contributed by atoms with Crippen LogP contribution in [0.2, 0.25) is 0 Å². The van der Waals surface area contributed by atoms with E-state index in [-0.39, 0.29) is 11.8 Å². The Balaban J connectivity index is 0. The van der Waals surface area contributed by atoms with Gasteiger partial charge >= 0.3 is 0 Å². The highest BCUT2D eigenvalue weighted by Crippen LogP contribution is 2.11. The van der Waals surface area contributed by atoms with Crippen molar-refractivity contribution in [2.75, 3.05) is 7.05 Å². The Bertz CT molecular complexity index is 314. The molecule has 0 aliphatic rings. The molecule has 1 rings (SSSR count). The van der Waals surface area contributed by atoms with Crippen molar-refractivity contribution in [2.45, 2.75) is 46.6 Å². The minimum atomic E-state index is -0.0937. The van der Waals surface area contributed by atoms with Gasteiger partial charge in [-0.2, -0.15) is 5.26 Å². The van der Waals surface area contributed by atoms with Crippen LogP contribution in [0.5, 0.6) is 5.75 Å². The first-order valence-corrected chi connectivity index (χ1v) is 6.61. The van der Waals surface area contributed by atoms with Crippen LogP contribution in [0.25, 0.3) is 0 Å². The van der Waals surface area contributed by atoms with Crippen molar-refractivity contribution < 1.29 is 5.11 Å². The van der Waals surface area contributed by atoms with E-state index in [4.69, 9.17) is 10.4 Å². The van der Waals surface area contributed by atoms with E-state index in [1.54, 1.807) is 19.2 Å². The molecule has 0 aliphatic carbocycles. The van der Waals surface area contributed by atoms with Crippen LogP contribution < -0.4 is 5.32 Å². The Morgan fingerprint density at radius 2 is 1.67 bits per heavy atom. The van der Waals surface area contributed by atoms with Gasteiger partial charge < -0.3 is 10.4 Å². The quantitative estimate of drug-likeness (QED) is 0.860. The molecule has 2 N–H and O–H groups in total. The number of hydrogen-bond donors (Lipinski definition) is 2. The second-order valence-electron chi connectivity index (χ2n) is 3.18. The Morgan fingerprint density at radius 3 is 2.06 bits per heavy atom. The van der Waals surface area contributed by atoms with Crippen LogP contribution in [0.3, 0.4) is 0 Å². The largest absolute Gasteiger partial charge is 0.508 e. The van der Waals surface area contributed by atoms with E-state index < -0.39 is 0 Å². The molecule has 0 saturated heterocycles. The van der Waals surface area contributed by atoms with Crippen LogP contribution in [0.1, 0.15) is 39.7 Å². The van der Waals surface area contributed by atoms with E-state index in [1.165, 1.54) is 0 Å². The normalized spacial score (nSPS) is 10.0. The Kier molecular flexibility index (Phi) is 14.2. The van der Waals surface area contributed by atoms with Crippen LogP contribution in [-0.4, -0.2) is 18.2 Å². The lowest BCUT2D eigenvalue weighted by Gasteiger charge is -2.06. The smallest absolute Gasteiger partial charge is 0.115 e. The highest BCUT2D eigenvalue weighted by Gasteiger charge is 2.03. The molecule has 3 nitrogen and oxygen atoms in total. The third-order valence-corrected chi connectivity index (χ3v) is 2.16. The van der Waals surface area contributed by atoms with Crippen molar-refractivity contribution in [2.24, 2.45) is 0 Å². The van der Waals surface area contributed by atoms with Gasteiger partial charge in [0.1, 0.15) is 5.75 Å². The molecule has 102 valence electrons. The number of hydrogen-bond acceptors (Lipinski definition) is 3. The third kappa shape index (κ3) is 8.60. The highest BCUT2D eigenvalue weighted by atomic mass is 16.3. The van der Waals surface area contributed by atoms with Gasteiger partial charge in [0.05, 0.1) is 12.1 Å². The summed E-state index contributed by atoms with van der Waals surface area (Å²) in [5, 5.41) is 20.7. The first-order valence-electron chi connectivity index (χ1n) is 6.61. The van der Waals surface area contributed by atoms with E-state index in [0.29, 0.717) is 0 Å². The Labute approximate surface area is 111 Å². The fraction of sp³-hybridized carbons (Fsp3) is 0.533. The van der Waals surface area contributed by atoms with Gasteiger partial charge in [0, 0.05) is 0 Å². The number of aryl methyl sites for hydroxylation is 1. The number of rotatable bonds is 4. The summed E-state index contributed by atoms with van der Waals surface area (Å²) in [5.74, 6) is 0.277. The van der Waals surface area contributed by atoms with Crippen molar-refractivity contribution >= 4 is 0 Å². The topological polar surface area (TPSA) is 56.0 Å². The second kappa shape index (κ2) is 13.5. The predicted molar refractivity (Wildman–Crippen MR) is 77.6 cm³/mol. The van der Waals surface area contributed by atoms with E-state index in [9.17, 15) is 0 Å². The van der Waals surface area contributed by atoms with Crippen molar-refractivity contribution in [3.63, 3.8) is 0 Å². The monoisotopic (exact) mass is 250 g/mol. The molecule has 0 aliphatic heterocycles. The molecule has 0 aromatic heterocycles. The third-order valence-electron chi connectivity index (χ3n) is 2.16. The lowest BCUT2D eigenvalue weighted by atomic mass is 10.1. The summed E-state index contributed by atoms with van der Waals surface area (Å²) in [6.07, 6.45) is 1.64. The van der Waals surface area contributed by atoms with E-state index >= 15 is 0 Å². The van der Waals surface area contributed by atoms with Crippen LogP contribution in [0, 0.1) is 11.3 Å². The Hall–Kier alpha value is -1.53. The molecule has 0 radical (unpaired) electrons. The zero-order valence-electron chi connectivity index (χ0n) is 12.2. The molecule has 0 heterocycles. The zero-order chi connectivity index (χ0) is 14.4. The van der Waals surface area contributed by atoms with Gasteiger partial charge in [-0.15, -0.1) is 0 Å². The summed E-state index contributed by atoms with van der Waals surface area (Å²) in [7, 11) is 1.78. The number of phenolic OH excluding ortho intramolecular Hbond substituents is 1. The molecule has 0 bridgehead atoms. The number of benzene rings is 1. The lowest BCUT2D eigenvalue weighted by Crippen LogP contribution is -2.23. The molecule has 0 saturated carbocycles. The number of nitrogens with one attached hydrogen (secondary N) is 1. The number of phenols is 1. The maximum Gasteiger partial charge on any atom is 0.115 e. The van der Waals surface area contributed by atoms with E-state index in [0.717, 1.165) is 18.4 Å². The van der Waals surface area contributed by atoms with Gasteiger partial charge in [-0.05, 0) is 37.6 Å². The van der Waals surface area contributed by atoms with Crippen molar-refractivity contribution in [1.82, 2.24) is 5.32 Å². The minimum Gasteiger partial charge on any atom is -0.508 e. The number of nitriles is 1. The van der Waals surface area contributed by atoms with Crippen molar-refractivity contribution in [1.29, 1.82) is 5.26 Å². The first kappa shape index (κ1) is 18.8. The molecular formula is C15H26N2O. The van der Waals surface area contributed by atoms with Crippen molar-refractivity contribution in [3.05, 3.63) is 29.8 Å². The zero-order valence-corrected chi connectivity index (χ0v) is 12.2. The minimum absolute atomic E-state index is 0.0937. The fourth-order valence-electron chi connectivity index (χ4n) is 1.25. The molecule has 0 amide bonds. The van der Waals surface area contributed by atoms with Gasteiger partial charge in [0.2, 0.25) is 0 Å². The summed E-state index contributed by atoms with van der Waals surface area (Å²) in [4.78, 5) is 0. The summed E-state index contributed by atoms with van der Waals surface area (Å²) in [6, 6.07) is 9.15. The van der Waals surface area contributed by atoms with Crippen molar-refractivity contribution in [3.8, 4) is 11.8 Å². The first-order chi connectivity index (χ1) is 8.76. The van der Waals surface area contributed by atoms with E-state index in [1.807, 2.05) is 39.8 Å². The van der Waals surface area contributed by atoms with E-state index in [2.05, 4.69) is 11.4 Å². The van der Waals surface area contributed by atoms with Gasteiger partial charge in [-0.25, -0.2) is 0 Å². The van der Waals surface area contributed by atoms with Crippen LogP contribution in [-0.2, 0) is 6.42 Å².